The lowest BCUT2D eigenvalue weighted by molar-refractivity contribution is 0.425. The monoisotopic (exact) mass is 275 g/mol. The highest BCUT2D eigenvalue weighted by atomic mass is 19.1. The molecule has 0 amide bonds. The minimum Gasteiger partial charge on any atom is -0.369 e. The Labute approximate surface area is 117 Å². The molecule has 1 aromatic heterocycles. The minimum absolute atomic E-state index is 0.331. The number of halogens is 1. The Morgan fingerprint density at radius 2 is 2.00 bits per heavy atom. The zero-order valence-corrected chi connectivity index (χ0v) is 11.6. The zero-order chi connectivity index (χ0) is 14.4. The van der Waals surface area contributed by atoms with Gasteiger partial charge < -0.3 is 15.5 Å². The summed E-state index contributed by atoms with van der Waals surface area (Å²) in [6.45, 7) is 1.68. The Balaban J connectivity index is 2.01. The second-order valence-corrected chi connectivity index (χ2v) is 4.60. The number of anilines is 3. The van der Waals surface area contributed by atoms with Crippen molar-refractivity contribution in [1.29, 1.82) is 0 Å². The van der Waals surface area contributed by atoms with Crippen molar-refractivity contribution in [1.82, 2.24) is 14.9 Å². The first-order valence-electron chi connectivity index (χ1n) is 6.38. The number of likely N-dealkylation sites (N-methyl/N-ethyl adjacent to an activating group) is 1. The van der Waals surface area contributed by atoms with Crippen LogP contribution in [0.5, 0.6) is 0 Å². The van der Waals surface area contributed by atoms with Gasteiger partial charge in [-0.05, 0) is 32.3 Å². The number of aromatic nitrogens is 2. The molecule has 0 spiro atoms. The molecule has 1 aromatic carbocycles. The summed E-state index contributed by atoms with van der Waals surface area (Å²) in [5.41, 5.74) is 0.359. The summed E-state index contributed by atoms with van der Waals surface area (Å²) in [7, 11) is 4.01. The van der Waals surface area contributed by atoms with E-state index in [1.165, 1.54) is 6.07 Å². The highest BCUT2D eigenvalue weighted by Crippen LogP contribution is 2.17. The minimum atomic E-state index is -0.331. The highest BCUT2D eigenvalue weighted by Gasteiger charge is 2.03. The van der Waals surface area contributed by atoms with Crippen LogP contribution < -0.4 is 10.6 Å². The fourth-order valence-electron chi connectivity index (χ4n) is 1.61. The van der Waals surface area contributed by atoms with Gasteiger partial charge in [0.05, 0.1) is 5.69 Å². The topological polar surface area (TPSA) is 53.1 Å². The van der Waals surface area contributed by atoms with Crippen molar-refractivity contribution in [2.24, 2.45) is 0 Å². The first kappa shape index (κ1) is 14.2. The van der Waals surface area contributed by atoms with Crippen LogP contribution >= 0.6 is 0 Å². The number of nitrogens with zero attached hydrogens (tertiary/aromatic N) is 3. The summed E-state index contributed by atoms with van der Waals surface area (Å²) in [5, 5.41) is 6.05. The van der Waals surface area contributed by atoms with Gasteiger partial charge in [0.2, 0.25) is 5.95 Å². The molecule has 2 rings (SSSR count). The van der Waals surface area contributed by atoms with Gasteiger partial charge in [-0.3, -0.25) is 0 Å². The molecule has 5 nitrogen and oxygen atoms in total. The van der Waals surface area contributed by atoms with Crippen molar-refractivity contribution >= 4 is 17.5 Å². The lowest BCUT2D eigenvalue weighted by atomic mass is 10.3. The molecule has 0 saturated heterocycles. The molecule has 106 valence electrons. The number of rotatable bonds is 6. The Morgan fingerprint density at radius 1 is 1.20 bits per heavy atom. The van der Waals surface area contributed by atoms with Crippen LogP contribution in [0.3, 0.4) is 0 Å². The molecule has 0 bridgehead atoms. The van der Waals surface area contributed by atoms with Crippen molar-refractivity contribution < 1.29 is 4.39 Å². The first-order chi connectivity index (χ1) is 9.65. The smallest absolute Gasteiger partial charge is 0.229 e. The van der Waals surface area contributed by atoms with Gasteiger partial charge in [-0.25, -0.2) is 9.37 Å². The fraction of sp³-hybridized carbons (Fsp3) is 0.286. The van der Waals surface area contributed by atoms with Crippen LogP contribution in [-0.4, -0.2) is 42.1 Å². The van der Waals surface area contributed by atoms with Crippen molar-refractivity contribution in [3.05, 3.63) is 42.3 Å². The molecular weight excluding hydrogens is 257 g/mol. The Bertz CT molecular complexity index is 559. The van der Waals surface area contributed by atoms with E-state index in [-0.39, 0.29) is 5.82 Å². The van der Waals surface area contributed by atoms with Crippen LogP contribution in [0.2, 0.25) is 0 Å². The highest BCUT2D eigenvalue weighted by molar-refractivity contribution is 5.55. The molecular formula is C14H18FN5. The van der Waals surface area contributed by atoms with E-state index in [4.69, 9.17) is 0 Å². The Morgan fingerprint density at radius 3 is 2.75 bits per heavy atom. The lowest BCUT2D eigenvalue weighted by Crippen LogP contribution is -2.21. The molecule has 0 unspecified atom stereocenters. The second kappa shape index (κ2) is 6.81. The maximum atomic E-state index is 13.5. The average molecular weight is 275 g/mol. The summed E-state index contributed by atoms with van der Waals surface area (Å²) in [6, 6.07) is 8.21. The third-order valence-corrected chi connectivity index (χ3v) is 2.64. The summed E-state index contributed by atoms with van der Waals surface area (Å²) in [6.07, 6.45) is 1.63. The largest absolute Gasteiger partial charge is 0.369 e. The molecule has 0 radical (unpaired) electrons. The van der Waals surface area contributed by atoms with Gasteiger partial charge in [0.15, 0.2) is 0 Å². The SMILES string of the molecule is CN(C)CCNc1ccnc(Nc2ccccc2F)n1. The van der Waals surface area contributed by atoms with E-state index >= 15 is 0 Å². The van der Waals surface area contributed by atoms with Gasteiger partial charge in [0.1, 0.15) is 11.6 Å². The Hall–Kier alpha value is -2.21. The molecule has 20 heavy (non-hydrogen) atoms. The quantitative estimate of drug-likeness (QED) is 0.847. The second-order valence-electron chi connectivity index (χ2n) is 4.60. The zero-order valence-electron chi connectivity index (χ0n) is 11.6. The van der Waals surface area contributed by atoms with E-state index in [1.807, 2.05) is 14.1 Å². The van der Waals surface area contributed by atoms with Crippen LogP contribution in [0, 0.1) is 5.82 Å². The van der Waals surface area contributed by atoms with E-state index in [2.05, 4.69) is 25.5 Å². The van der Waals surface area contributed by atoms with Gasteiger partial charge in [-0.15, -0.1) is 0 Å². The number of hydrogen-bond donors (Lipinski definition) is 2. The van der Waals surface area contributed by atoms with Gasteiger partial charge in [0, 0.05) is 19.3 Å². The predicted octanol–water partition coefficient (Wildman–Crippen LogP) is 2.33. The van der Waals surface area contributed by atoms with Crippen LogP contribution in [0.1, 0.15) is 0 Å². The molecule has 6 heteroatoms. The van der Waals surface area contributed by atoms with Gasteiger partial charge in [-0.1, -0.05) is 12.1 Å². The van der Waals surface area contributed by atoms with Gasteiger partial charge in [-0.2, -0.15) is 4.98 Å². The molecule has 2 aromatic rings. The maximum Gasteiger partial charge on any atom is 0.229 e. The van der Waals surface area contributed by atoms with E-state index < -0.39 is 0 Å². The third kappa shape index (κ3) is 4.17. The molecule has 2 N–H and O–H groups in total. The summed E-state index contributed by atoms with van der Waals surface area (Å²) in [5.74, 6) is 0.743. The van der Waals surface area contributed by atoms with Crippen molar-refractivity contribution in [3.8, 4) is 0 Å². The van der Waals surface area contributed by atoms with Crippen molar-refractivity contribution in [3.63, 3.8) is 0 Å². The normalized spacial score (nSPS) is 10.6. The van der Waals surface area contributed by atoms with E-state index in [9.17, 15) is 4.39 Å². The van der Waals surface area contributed by atoms with Crippen molar-refractivity contribution in [2.45, 2.75) is 0 Å². The van der Waals surface area contributed by atoms with Crippen LogP contribution in [0.4, 0.5) is 21.8 Å². The first-order valence-corrected chi connectivity index (χ1v) is 6.38. The molecule has 1 heterocycles. The van der Waals surface area contributed by atoms with Crippen LogP contribution in [0.15, 0.2) is 36.5 Å². The van der Waals surface area contributed by atoms with E-state index in [0.29, 0.717) is 17.5 Å². The predicted molar refractivity (Wildman–Crippen MR) is 78.8 cm³/mol. The number of para-hydroxylation sites is 1. The standard InChI is InChI=1S/C14H18FN5/c1-20(2)10-9-16-13-7-8-17-14(19-13)18-12-6-4-3-5-11(12)15/h3-8H,9-10H2,1-2H3,(H2,16,17,18,19). The van der Waals surface area contributed by atoms with Crippen LogP contribution in [-0.2, 0) is 0 Å². The maximum absolute atomic E-state index is 13.5. The third-order valence-electron chi connectivity index (χ3n) is 2.64. The molecule has 0 atom stereocenters. The summed E-state index contributed by atoms with van der Waals surface area (Å²) >= 11 is 0. The average Bonchev–Trinajstić information content (AvgIpc) is 2.41. The molecule has 0 fully saturated rings. The molecule has 0 aliphatic heterocycles. The van der Waals surface area contributed by atoms with E-state index in [1.54, 1.807) is 30.5 Å². The molecule has 0 aliphatic rings. The summed E-state index contributed by atoms with van der Waals surface area (Å²) < 4.78 is 13.5. The number of hydrogen-bond acceptors (Lipinski definition) is 5. The summed E-state index contributed by atoms with van der Waals surface area (Å²) in [4.78, 5) is 10.4. The van der Waals surface area contributed by atoms with Crippen LogP contribution in [0.25, 0.3) is 0 Å². The Kier molecular flexibility index (Phi) is 4.84. The van der Waals surface area contributed by atoms with Gasteiger partial charge in [0.25, 0.3) is 0 Å². The number of nitrogens with one attached hydrogen (secondary N) is 2. The van der Waals surface area contributed by atoms with Gasteiger partial charge >= 0.3 is 0 Å². The fourth-order valence-corrected chi connectivity index (χ4v) is 1.61. The lowest BCUT2D eigenvalue weighted by Gasteiger charge is -2.11. The molecule has 0 aliphatic carbocycles. The number of benzene rings is 1. The van der Waals surface area contributed by atoms with E-state index in [0.717, 1.165) is 13.1 Å². The van der Waals surface area contributed by atoms with Crippen molar-refractivity contribution in [2.75, 3.05) is 37.8 Å². The molecule has 0 saturated carbocycles.